The Morgan fingerprint density at radius 2 is 1.65 bits per heavy atom. The molecule has 3 aromatic carbocycles. The molecule has 0 unspecified atom stereocenters. The first kappa shape index (κ1) is 21.8. The van der Waals surface area contributed by atoms with E-state index in [9.17, 15) is 4.79 Å². The van der Waals surface area contributed by atoms with Crippen molar-refractivity contribution in [1.29, 1.82) is 0 Å². The van der Waals surface area contributed by atoms with E-state index in [0.717, 1.165) is 41.1 Å². The minimum Gasteiger partial charge on any atom is -0.497 e. The van der Waals surface area contributed by atoms with Crippen molar-refractivity contribution in [2.75, 3.05) is 39.9 Å². The number of piperazine rings is 1. The third-order valence-corrected chi connectivity index (χ3v) is 6.02. The summed E-state index contributed by atoms with van der Waals surface area (Å²) in [5.74, 6) is 2.24. The van der Waals surface area contributed by atoms with Crippen LogP contribution in [0.1, 0.15) is 5.82 Å². The van der Waals surface area contributed by atoms with E-state index in [1.54, 1.807) is 11.8 Å². The number of methoxy groups -OCH3 is 1. The first-order valence-corrected chi connectivity index (χ1v) is 11.2. The Kier molecular flexibility index (Phi) is 6.35. The molecule has 174 valence electrons. The van der Waals surface area contributed by atoms with Crippen LogP contribution in [0, 0.1) is 0 Å². The van der Waals surface area contributed by atoms with Crippen LogP contribution in [0.15, 0.2) is 66.7 Å². The van der Waals surface area contributed by atoms with E-state index in [0.29, 0.717) is 25.4 Å². The van der Waals surface area contributed by atoms with Gasteiger partial charge in [-0.25, -0.2) is 0 Å². The Bertz CT molecular complexity index is 1270. The lowest BCUT2D eigenvalue weighted by molar-refractivity contribution is -0.135. The SMILES string of the molecule is COc1ccc(-n2nnnc2CN2CCN(C(=O)COc3ccc4ccccc4c3)CC2)cc1. The fourth-order valence-electron chi connectivity index (χ4n) is 4.08. The molecule has 0 saturated carbocycles. The standard InChI is InChI=1S/C25H26N6O3/c1-33-22-10-7-21(8-11-22)31-24(26-27-28-31)17-29-12-14-30(15-13-29)25(32)18-34-23-9-6-19-4-2-3-5-20(19)16-23/h2-11,16H,12-15,17-18H2,1H3. The molecule has 0 bridgehead atoms. The average molecular weight is 459 g/mol. The molecule has 0 aliphatic carbocycles. The van der Waals surface area contributed by atoms with Gasteiger partial charge in [-0.15, -0.1) is 5.10 Å². The van der Waals surface area contributed by atoms with Crippen LogP contribution in [-0.4, -0.2) is 75.8 Å². The van der Waals surface area contributed by atoms with Gasteiger partial charge >= 0.3 is 0 Å². The lowest BCUT2D eigenvalue weighted by Gasteiger charge is -2.34. The quantitative estimate of drug-likeness (QED) is 0.421. The zero-order valence-corrected chi connectivity index (χ0v) is 19.0. The molecule has 9 nitrogen and oxygen atoms in total. The van der Waals surface area contributed by atoms with E-state index in [-0.39, 0.29) is 12.5 Å². The van der Waals surface area contributed by atoms with Crippen LogP contribution >= 0.6 is 0 Å². The Morgan fingerprint density at radius 3 is 2.41 bits per heavy atom. The first-order chi connectivity index (χ1) is 16.7. The van der Waals surface area contributed by atoms with Crippen LogP contribution in [0.2, 0.25) is 0 Å². The minimum atomic E-state index is -0.00382. The molecule has 5 rings (SSSR count). The molecule has 1 aliphatic rings. The second-order valence-corrected chi connectivity index (χ2v) is 8.16. The van der Waals surface area contributed by atoms with Crippen LogP contribution in [0.4, 0.5) is 0 Å². The number of ether oxygens (including phenoxy) is 2. The lowest BCUT2D eigenvalue weighted by Crippen LogP contribution is -2.49. The molecule has 2 heterocycles. The van der Waals surface area contributed by atoms with Gasteiger partial charge in [0, 0.05) is 26.2 Å². The van der Waals surface area contributed by atoms with Crippen molar-refractivity contribution >= 4 is 16.7 Å². The molecule has 4 aromatic rings. The highest BCUT2D eigenvalue weighted by atomic mass is 16.5. The number of carbonyl (C=O) groups excluding carboxylic acids is 1. The molecule has 1 amide bonds. The summed E-state index contributed by atoms with van der Waals surface area (Å²) in [5, 5.41) is 14.4. The zero-order chi connectivity index (χ0) is 23.3. The monoisotopic (exact) mass is 458 g/mol. The summed E-state index contributed by atoms with van der Waals surface area (Å²) in [4.78, 5) is 16.8. The summed E-state index contributed by atoms with van der Waals surface area (Å²) in [5.41, 5.74) is 0.875. The van der Waals surface area contributed by atoms with Crippen LogP contribution in [0.5, 0.6) is 11.5 Å². The van der Waals surface area contributed by atoms with Crippen molar-refractivity contribution in [3.63, 3.8) is 0 Å². The number of hydrogen-bond acceptors (Lipinski definition) is 7. The van der Waals surface area contributed by atoms with Gasteiger partial charge in [0.2, 0.25) is 0 Å². The van der Waals surface area contributed by atoms with E-state index in [2.05, 4.69) is 26.5 Å². The fourth-order valence-corrected chi connectivity index (χ4v) is 4.08. The predicted molar refractivity (Wildman–Crippen MR) is 127 cm³/mol. The molecule has 0 spiro atoms. The first-order valence-electron chi connectivity index (χ1n) is 11.2. The number of tetrazole rings is 1. The molecule has 0 atom stereocenters. The molecule has 1 saturated heterocycles. The molecule has 1 aliphatic heterocycles. The maximum Gasteiger partial charge on any atom is 0.260 e. The Balaban J connectivity index is 1.13. The molecular formula is C25H26N6O3. The van der Waals surface area contributed by atoms with E-state index in [4.69, 9.17) is 9.47 Å². The molecule has 1 fully saturated rings. The highest BCUT2D eigenvalue weighted by Gasteiger charge is 2.23. The summed E-state index contributed by atoms with van der Waals surface area (Å²) < 4.78 is 12.7. The average Bonchev–Trinajstić information content (AvgIpc) is 3.35. The number of amides is 1. The van der Waals surface area contributed by atoms with Crippen molar-refractivity contribution in [1.82, 2.24) is 30.0 Å². The molecular weight excluding hydrogens is 432 g/mol. The van der Waals surface area contributed by atoms with Gasteiger partial charge in [0.25, 0.3) is 5.91 Å². The van der Waals surface area contributed by atoms with Crippen molar-refractivity contribution in [3.05, 3.63) is 72.6 Å². The Morgan fingerprint density at radius 1 is 0.912 bits per heavy atom. The van der Waals surface area contributed by atoms with E-state index in [1.165, 1.54) is 0 Å². The molecule has 0 radical (unpaired) electrons. The van der Waals surface area contributed by atoms with Gasteiger partial charge in [-0.1, -0.05) is 30.3 Å². The summed E-state index contributed by atoms with van der Waals surface area (Å²) >= 11 is 0. The third kappa shape index (κ3) is 4.84. The van der Waals surface area contributed by atoms with Crippen LogP contribution in [-0.2, 0) is 11.3 Å². The zero-order valence-electron chi connectivity index (χ0n) is 19.0. The van der Waals surface area contributed by atoms with Gasteiger partial charge in [-0.3, -0.25) is 9.69 Å². The molecule has 9 heteroatoms. The van der Waals surface area contributed by atoms with Gasteiger partial charge < -0.3 is 14.4 Å². The number of rotatable bonds is 7. The van der Waals surface area contributed by atoms with Crippen molar-refractivity contribution in [2.24, 2.45) is 0 Å². The second-order valence-electron chi connectivity index (χ2n) is 8.16. The van der Waals surface area contributed by atoms with Crippen LogP contribution in [0.25, 0.3) is 16.5 Å². The van der Waals surface area contributed by atoms with E-state index in [1.807, 2.05) is 65.6 Å². The number of carbonyl (C=O) groups is 1. The Hall–Kier alpha value is -3.98. The summed E-state index contributed by atoms with van der Waals surface area (Å²) in [6, 6.07) is 21.6. The van der Waals surface area contributed by atoms with E-state index < -0.39 is 0 Å². The second kappa shape index (κ2) is 9.88. The number of aromatic nitrogens is 4. The smallest absolute Gasteiger partial charge is 0.260 e. The van der Waals surface area contributed by atoms with Crippen molar-refractivity contribution in [3.8, 4) is 17.2 Å². The highest BCUT2D eigenvalue weighted by molar-refractivity contribution is 5.84. The van der Waals surface area contributed by atoms with Crippen molar-refractivity contribution < 1.29 is 14.3 Å². The third-order valence-electron chi connectivity index (χ3n) is 6.02. The topological polar surface area (TPSA) is 85.6 Å². The van der Waals surface area contributed by atoms with Gasteiger partial charge in [-0.2, -0.15) is 4.68 Å². The van der Waals surface area contributed by atoms with Crippen LogP contribution < -0.4 is 9.47 Å². The number of fused-ring (bicyclic) bond motifs is 1. The van der Waals surface area contributed by atoms with Gasteiger partial charge in [0.15, 0.2) is 12.4 Å². The summed E-state index contributed by atoms with van der Waals surface area (Å²) in [6.07, 6.45) is 0. The maximum absolute atomic E-state index is 12.7. The lowest BCUT2D eigenvalue weighted by atomic mass is 10.1. The van der Waals surface area contributed by atoms with Gasteiger partial charge in [0.05, 0.1) is 19.3 Å². The largest absolute Gasteiger partial charge is 0.497 e. The minimum absolute atomic E-state index is 0.00382. The van der Waals surface area contributed by atoms with Crippen molar-refractivity contribution in [2.45, 2.75) is 6.54 Å². The maximum atomic E-state index is 12.7. The van der Waals surface area contributed by atoms with Crippen LogP contribution in [0.3, 0.4) is 0 Å². The predicted octanol–water partition coefficient (Wildman–Crippen LogP) is 2.55. The van der Waals surface area contributed by atoms with E-state index >= 15 is 0 Å². The highest BCUT2D eigenvalue weighted by Crippen LogP contribution is 2.21. The number of benzene rings is 3. The summed E-state index contributed by atoms with van der Waals surface area (Å²) in [7, 11) is 1.64. The molecule has 0 N–H and O–H groups in total. The normalized spacial score (nSPS) is 14.3. The summed E-state index contributed by atoms with van der Waals surface area (Å²) in [6.45, 7) is 3.42. The van der Waals surface area contributed by atoms with Gasteiger partial charge in [-0.05, 0) is 57.6 Å². The molecule has 1 aromatic heterocycles. The number of hydrogen-bond donors (Lipinski definition) is 0. The Labute approximate surface area is 197 Å². The van der Waals surface area contributed by atoms with Gasteiger partial charge in [0.1, 0.15) is 11.5 Å². The fraction of sp³-hybridized carbons (Fsp3) is 0.280. The number of nitrogens with zero attached hydrogens (tertiary/aromatic N) is 6. The molecule has 34 heavy (non-hydrogen) atoms.